The molecule has 0 aliphatic heterocycles. The first-order valence-electron chi connectivity index (χ1n) is 3.24. The third-order valence-electron chi connectivity index (χ3n) is 0.716. The van der Waals surface area contributed by atoms with Crippen molar-refractivity contribution in [2.75, 3.05) is 0 Å². The molecule has 0 heterocycles. The Bertz CT molecular complexity index is 222. The van der Waals surface area contributed by atoms with Crippen molar-refractivity contribution in [2.24, 2.45) is 0 Å². The molecule has 12 heavy (non-hydrogen) atoms. The van der Waals surface area contributed by atoms with E-state index in [1.807, 2.05) is 0 Å². The van der Waals surface area contributed by atoms with E-state index in [0.29, 0.717) is 0 Å². The number of rotatable bonds is 4. The predicted octanol–water partition coefficient (Wildman–Crippen LogP) is 1.24. The highest BCUT2D eigenvalue weighted by Gasteiger charge is 2.26. The number of carbonyl (C=O) groups excluding carboxylic acids is 1. The average molecular weight is 194 g/mol. The van der Waals surface area contributed by atoms with Crippen LogP contribution in [0.1, 0.15) is 13.8 Å². The Morgan fingerprint density at radius 1 is 1.67 bits per heavy atom. The van der Waals surface area contributed by atoms with Gasteiger partial charge in [0.1, 0.15) is 0 Å². The van der Waals surface area contributed by atoms with Gasteiger partial charge in [0, 0.05) is 6.08 Å². The van der Waals surface area contributed by atoms with Crippen LogP contribution in [-0.4, -0.2) is 17.0 Å². The molecule has 0 aliphatic carbocycles. The second-order valence-electron chi connectivity index (χ2n) is 2.24. The fourth-order valence-electron chi connectivity index (χ4n) is 0.439. The summed E-state index contributed by atoms with van der Waals surface area (Å²) in [6.45, 7) is 6.15. The van der Waals surface area contributed by atoms with E-state index in [1.165, 1.54) is 0 Å². The van der Waals surface area contributed by atoms with Crippen molar-refractivity contribution >= 4 is 13.8 Å². The molecular weight excluding hydrogens is 183 g/mol. The van der Waals surface area contributed by atoms with Crippen molar-refractivity contribution in [1.82, 2.24) is 0 Å². The molecule has 70 valence electrons. The molecule has 6 heteroatoms. The van der Waals surface area contributed by atoms with Crippen molar-refractivity contribution in [1.29, 1.82) is 0 Å². The van der Waals surface area contributed by atoms with Gasteiger partial charge in [0.15, 0.2) is 0 Å². The maximum absolute atomic E-state index is 10.8. The summed E-state index contributed by atoms with van der Waals surface area (Å²) in [5.41, 5.74) is 0. The molecule has 0 aromatic heterocycles. The van der Waals surface area contributed by atoms with Gasteiger partial charge < -0.3 is 4.52 Å². The lowest BCUT2D eigenvalue weighted by Gasteiger charge is -2.12. The van der Waals surface area contributed by atoms with Gasteiger partial charge in [-0.25, -0.2) is 9.36 Å². The molecule has 0 saturated heterocycles. The Morgan fingerprint density at radius 2 is 2.17 bits per heavy atom. The Morgan fingerprint density at radius 3 is 2.50 bits per heavy atom. The van der Waals surface area contributed by atoms with E-state index < -0.39 is 19.9 Å². The standard InChI is InChI=1S/C6H11O5P/c1-4-6(7)11-12(8,9)10-5(2)3/h4-5H,1H2,2-3H3,(H,8,9). The van der Waals surface area contributed by atoms with Crippen molar-refractivity contribution in [2.45, 2.75) is 20.0 Å². The third kappa shape index (κ3) is 5.07. The molecule has 0 rings (SSSR count). The molecule has 0 aromatic carbocycles. The van der Waals surface area contributed by atoms with Gasteiger partial charge in [-0.05, 0) is 13.8 Å². The Balaban J connectivity index is 4.13. The van der Waals surface area contributed by atoms with E-state index in [0.717, 1.165) is 6.08 Å². The normalized spacial score (nSPS) is 15.3. The van der Waals surface area contributed by atoms with Crippen LogP contribution in [0.5, 0.6) is 0 Å². The smallest absolute Gasteiger partial charge is 0.367 e. The SMILES string of the molecule is C=CC(=O)OP(=O)(O)OC(C)C. The molecule has 1 unspecified atom stereocenters. The molecule has 0 spiro atoms. The van der Waals surface area contributed by atoms with Crippen LogP contribution < -0.4 is 0 Å². The summed E-state index contributed by atoms with van der Waals surface area (Å²) in [5.74, 6) is -0.985. The largest absolute Gasteiger partial charge is 0.530 e. The van der Waals surface area contributed by atoms with Crippen LogP contribution in [-0.2, 0) is 18.4 Å². The summed E-state index contributed by atoms with van der Waals surface area (Å²) in [5, 5.41) is 0. The first-order valence-corrected chi connectivity index (χ1v) is 4.74. The topological polar surface area (TPSA) is 72.8 Å². The van der Waals surface area contributed by atoms with Crippen molar-refractivity contribution in [3.8, 4) is 0 Å². The number of carbonyl (C=O) groups is 1. The minimum absolute atomic E-state index is 0.488. The molecule has 0 saturated carbocycles. The molecule has 5 nitrogen and oxygen atoms in total. The van der Waals surface area contributed by atoms with Gasteiger partial charge in [-0.2, -0.15) is 0 Å². The zero-order valence-electron chi connectivity index (χ0n) is 6.89. The number of hydrogen-bond acceptors (Lipinski definition) is 4. The molecule has 0 bridgehead atoms. The summed E-state index contributed by atoms with van der Waals surface area (Å²) < 4.78 is 19.3. The zero-order valence-corrected chi connectivity index (χ0v) is 7.78. The average Bonchev–Trinajstić information content (AvgIpc) is 1.83. The summed E-state index contributed by atoms with van der Waals surface area (Å²) >= 11 is 0. The minimum Gasteiger partial charge on any atom is -0.367 e. The number of hydrogen-bond donors (Lipinski definition) is 1. The van der Waals surface area contributed by atoms with Gasteiger partial charge in [-0.3, -0.25) is 9.42 Å². The van der Waals surface area contributed by atoms with E-state index >= 15 is 0 Å². The quantitative estimate of drug-likeness (QED) is 0.538. The monoisotopic (exact) mass is 194 g/mol. The molecule has 0 aliphatic rings. The maximum Gasteiger partial charge on any atom is 0.530 e. The van der Waals surface area contributed by atoms with Crippen LogP contribution >= 0.6 is 7.82 Å². The zero-order chi connectivity index (χ0) is 9.78. The van der Waals surface area contributed by atoms with Crippen LogP contribution in [0.15, 0.2) is 12.7 Å². The van der Waals surface area contributed by atoms with Crippen molar-refractivity contribution in [3.05, 3.63) is 12.7 Å². The number of phosphoric acid groups is 1. The summed E-state index contributed by atoms with van der Waals surface area (Å²) in [6, 6.07) is 0. The van der Waals surface area contributed by atoms with Gasteiger partial charge >= 0.3 is 13.8 Å². The predicted molar refractivity (Wildman–Crippen MR) is 42.3 cm³/mol. The van der Waals surface area contributed by atoms with Crippen LogP contribution in [0.4, 0.5) is 0 Å². The van der Waals surface area contributed by atoms with E-state index in [2.05, 4.69) is 15.6 Å². The summed E-state index contributed by atoms with van der Waals surface area (Å²) in [4.78, 5) is 19.3. The van der Waals surface area contributed by atoms with Crippen LogP contribution in [0.25, 0.3) is 0 Å². The second-order valence-corrected chi connectivity index (χ2v) is 3.57. The Labute approximate surface area is 70.6 Å². The van der Waals surface area contributed by atoms with E-state index in [4.69, 9.17) is 4.89 Å². The minimum atomic E-state index is -4.24. The highest BCUT2D eigenvalue weighted by atomic mass is 31.2. The Hall–Kier alpha value is -0.640. The first-order chi connectivity index (χ1) is 5.37. The molecule has 0 fully saturated rings. The lowest BCUT2D eigenvalue weighted by molar-refractivity contribution is -0.130. The van der Waals surface area contributed by atoms with Crippen molar-refractivity contribution in [3.63, 3.8) is 0 Å². The van der Waals surface area contributed by atoms with E-state index in [-0.39, 0.29) is 0 Å². The fourth-order valence-corrected chi connectivity index (χ4v) is 1.32. The molecular formula is C6H11O5P. The lowest BCUT2D eigenvalue weighted by atomic mass is 10.5. The highest BCUT2D eigenvalue weighted by molar-refractivity contribution is 7.48. The van der Waals surface area contributed by atoms with E-state index in [9.17, 15) is 9.36 Å². The number of phosphoric ester groups is 1. The van der Waals surface area contributed by atoms with E-state index in [1.54, 1.807) is 13.8 Å². The van der Waals surface area contributed by atoms with Gasteiger partial charge in [-0.15, -0.1) is 0 Å². The Kier molecular flexibility index (Phi) is 4.17. The maximum atomic E-state index is 10.8. The molecule has 0 aromatic rings. The highest BCUT2D eigenvalue weighted by Crippen LogP contribution is 2.44. The van der Waals surface area contributed by atoms with Gasteiger partial charge in [0.05, 0.1) is 6.10 Å². The lowest BCUT2D eigenvalue weighted by Crippen LogP contribution is -2.05. The second kappa shape index (κ2) is 4.40. The van der Waals surface area contributed by atoms with Crippen LogP contribution in [0, 0.1) is 0 Å². The van der Waals surface area contributed by atoms with Crippen molar-refractivity contribution < 1.29 is 23.3 Å². The summed E-state index contributed by atoms with van der Waals surface area (Å²) in [7, 11) is -4.24. The van der Waals surface area contributed by atoms with Crippen LogP contribution in [0.2, 0.25) is 0 Å². The molecule has 1 atom stereocenters. The molecule has 0 amide bonds. The fraction of sp³-hybridized carbons (Fsp3) is 0.500. The van der Waals surface area contributed by atoms with Crippen LogP contribution in [0.3, 0.4) is 0 Å². The summed E-state index contributed by atoms with van der Waals surface area (Å²) in [6.07, 6.45) is 0.297. The van der Waals surface area contributed by atoms with Gasteiger partial charge in [0.25, 0.3) is 0 Å². The van der Waals surface area contributed by atoms with Gasteiger partial charge in [-0.1, -0.05) is 6.58 Å². The molecule has 1 N–H and O–H groups in total. The van der Waals surface area contributed by atoms with Gasteiger partial charge in [0.2, 0.25) is 0 Å². The molecule has 0 radical (unpaired) electrons. The third-order valence-corrected chi connectivity index (χ3v) is 1.81. The first kappa shape index (κ1) is 11.4.